The van der Waals surface area contributed by atoms with Crippen molar-refractivity contribution < 1.29 is 31.5 Å². The van der Waals surface area contributed by atoms with Crippen molar-refractivity contribution in [2.24, 2.45) is 0 Å². The molecular formula is C39H38F5N3O3. The van der Waals surface area contributed by atoms with Crippen LogP contribution in [0.5, 0.6) is 5.75 Å². The Morgan fingerprint density at radius 1 is 0.840 bits per heavy atom. The number of amides is 1. The van der Waals surface area contributed by atoms with Gasteiger partial charge in [-0.05, 0) is 85.9 Å². The van der Waals surface area contributed by atoms with Crippen LogP contribution in [0.1, 0.15) is 28.8 Å². The van der Waals surface area contributed by atoms with Crippen molar-refractivity contribution in [1.29, 1.82) is 0 Å². The number of rotatable bonds is 13. The Balaban J connectivity index is 1.38. The van der Waals surface area contributed by atoms with E-state index in [2.05, 4.69) is 0 Å². The Kier molecular flexibility index (Phi) is 11.4. The first-order valence-electron chi connectivity index (χ1n) is 16.2. The summed E-state index contributed by atoms with van der Waals surface area (Å²) < 4.78 is 75.1. The van der Waals surface area contributed by atoms with Crippen molar-refractivity contribution in [2.45, 2.75) is 38.5 Å². The topological polar surface area (TPSA) is 54.8 Å². The number of alkyl halides is 3. The molecule has 0 aliphatic rings. The summed E-state index contributed by atoms with van der Waals surface area (Å²) in [6.07, 6.45) is -3.36. The van der Waals surface area contributed by atoms with Gasteiger partial charge < -0.3 is 19.1 Å². The average Bonchev–Trinajstić information content (AvgIpc) is 3.08. The van der Waals surface area contributed by atoms with Crippen LogP contribution in [0.4, 0.5) is 22.0 Å². The molecule has 5 rings (SSSR count). The molecule has 1 amide bonds. The second-order valence-electron chi connectivity index (χ2n) is 12.5. The SMILES string of the molecule is CN(C)CCCOc1ccc2c(=O)cc(CCc3cccc(F)c3F)n(CC(=O)N(C)Cc3ccc(-c4ccc(C(F)(F)F)cc4)cc3)c2c1. The number of hydrogen-bond acceptors (Lipinski definition) is 4. The highest BCUT2D eigenvalue weighted by Crippen LogP contribution is 2.31. The van der Waals surface area contributed by atoms with Gasteiger partial charge in [-0.15, -0.1) is 0 Å². The van der Waals surface area contributed by atoms with Crippen molar-refractivity contribution in [3.8, 4) is 16.9 Å². The predicted molar refractivity (Wildman–Crippen MR) is 184 cm³/mol. The lowest BCUT2D eigenvalue weighted by Crippen LogP contribution is -2.31. The molecule has 0 unspecified atom stereocenters. The summed E-state index contributed by atoms with van der Waals surface area (Å²) in [6, 6.07) is 22.6. The van der Waals surface area contributed by atoms with Gasteiger partial charge in [0.15, 0.2) is 17.1 Å². The zero-order valence-corrected chi connectivity index (χ0v) is 28.1. The largest absolute Gasteiger partial charge is 0.493 e. The van der Waals surface area contributed by atoms with Crippen LogP contribution in [0.15, 0.2) is 95.8 Å². The number of carbonyl (C=O) groups is 1. The van der Waals surface area contributed by atoms with Crippen LogP contribution in [-0.4, -0.2) is 54.6 Å². The molecule has 0 saturated heterocycles. The normalized spacial score (nSPS) is 11.7. The number of aromatic nitrogens is 1. The molecule has 0 radical (unpaired) electrons. The van der Waals surface area contributed by atoms with E-state index in [1.54, 1.807) is 41.9 Å². The summed E-state index contributed by atoms with van der Waals surface area (Å²) in [4.78, 5) is 30.5. The van der Waals surface area contributed by atoms with Gasteiger partial charge in [-0.2, -0.15) is 13.2 Å². The number of nitrogens with zero attached hydrogens (tertiary/aromatic N) is 3. The maximum atomic E-state index is 14.5. The lowest BCUT2D eigenvalue weighted by atomic mass is 10.0. The summed E-state index contributed by atoms with van der Waals surface area (Å²) in [5.41, 5.74) is 2.31. The molecule has 1 heterocycles. The Morgan fingerprint density at radius 2 is 1.52 bits per heavy atom. The fraction of sp³-hybridized carbons (Fsp3) is 0.282. The molecule has 50 heavy (non-hydrogen) atoms. The van der Waals surface area contributed by atoms with Crippen LogP contribution in [0.2, 0.25) is 0 Å². The molecule has 5 aromatic rings. The number of hydrogen-bond donors (Lipinski definition) is 0. The van der Waals surface area contributed by atoms with Crippen molar-refractivity contribution >= 4 is 16.8 Å². The van der Waals surface area contributed by atoms with Crippen molar-refractivity contribution in [2.75, 3.05) is 34.3 Å². The van der Waals surface area contributed by atoms with Crippen LogP contribution in [0, 0.1) is 11.6 Å². The molecule has 6 nitrogen and oxygen atoms in total. The molecule has 1 aromatic heterocycles. The smallest absolute Gasteiger partial charge is 0.416 e. The van der Waals surface area contributed by atoms with E-state index in [-0.39, 0.29) is 42.8 Å². The molecule has 0 N–H and O–H groups in total. The minimum absolute atomic E-state index is 0.102. The molecule has 0 saturated carbocycles. The molecule has 4 aromatic carbocycles. The molecule has 0 atom stereocenters. The van der Waals surface area contributed by atoms with Crippen molar-refractivity contribution in [3.63, 3.8) is 0 Å². The second kappa shape index (κ2) is 15.7. The van der Waals surface area contributed by atoms with Gasteiger partial charge in [0.25, 0.3) is 0 Å². The van der Waals surface area contributed by atoms with Crippen LogP contribution in [-0.2, 0) is 36.9 Å². The highest BCUT2D eigenvalue weighted by molar-refractivity contribution is 5.84. The summed E-state index contributed by atoms with van der Waals surface area (Å²) >= 11 is 0. The van der Waals surface area contributed by atoms with Gasteiger partial charge in [0.1, 0.15) is 12.3 Å². The third-order valence-electron chi connectivity index (χ3n) is 8.51. The maximum Gasteiger partial charge on any atom is 0.416 e. The van der Waals surface area contributed by atoms with Crippen LogP contribution >= 0.6 is 0 Å². The van der Waals surface area contributed by atoms with Gasteiger partial charge in [-0.1, -0.05) is 48.5 Å². The molecule has 0 spiro atoms. The zero-order valence-electron chi connectivity index (χ0n) is 28.1. The summed E-state index contributed by atoms with van der Waals surface area (Å²) in [6.45, 7) is 1.39. The fourth-order valence-corrected chi connectivity index (χ4v) is 5.74. The number of aryl methyl sites for hydroxylation is 2. The highest BCUT2D eigenvalue weighted by Gasteiger charge is 2.30. The predicted octanol–water partition coefficient (Wildman–Crippen LogP) is 7.74. The number of halogens is 5. The van der Waals surface area contributed by atoms with Gasteiger partial charge in [0.2, 0.25) is 5.91 Å². The van der Waals surface area contributed by atoms with E-state index in [1.807, 2.05) is 31.1 Å². The Hall–Kier alpha value is -5.03. The number of carbonyl (C=O) groups excluding carboxylic acids is 1. The van der Waals surface area contributed by atoms with Crippen molar-refractivity contribution in [3.05, 3.63) is 135 Å². The minimum atomic E-state index is -4.41. The zero-order chi connectivity index (χ0) is 36.0. The minimum Gasteiger partial charge on any atom is -0.493 e. The third-order valence-corrected chi connectivity index (χ3v) is 8.51. The Morgan fingerprint density at radius 3 is 2.18 bits per heavy atom. The maximum absolute atomic E-state index is 14.5. The first kappa shape index (κ1) is 36.3. The van der Waals surface area contributed by atoms with Gasteiger partial charge in [-0.3, -0.25) is 9.59 Å². The van der Waals surface area contributed by atoms with Crippen LogP contribution in [0.3, 0.4) is 0 Å². The molecular weight excluding hydrogens is 653 g/mol. The summed E-state index contributed by atoms with van der Waals surface area (Å²) in [7, 11) is 5.59. The Labute approximate surface area is 287 Å². The lowest BCUT2D eigenvalue weighted by molar-refractivity contribution is -0.137. The summed E-state index contributed by atoms with van der Waals surface area (Å²) in [5, 5.41) is 0.389. The number of benzene rings is 4. The fourth-order valence-electron chi connectivity index (χ4n) is 5.74. The second-order valence-corrected chi connectivity index (χ2v) is 12.5. The Bertz CT molecular complexity index is 2010. The first-order chi connectivity index (χ1) is 23.8. The number of likely N-dealkylation sites (N-methyl/N-ethyl adjacent to an activating group) is 1. The van der Waals surface area contributed by atoms with E-state index in [0.29, 0.717) is 34.5 Å². The quantitative estimate of drug-likeness (QED) is 0.0937. The number of ether oxygens (including phenoxy) is 1. The standard InChI is InChI=1S/C39H38F5N3O3/c1-45(2)20-5-21-50-32-18-19-33-35(23-32)47(31(22-36(33)48)17-14-29-6-4-7-34(40)38(29)41)25-37(49)46(3)24-26-8-10-27(11-9-26)28-12-15-30(16-13-28)39(42,43)44/h4,6-13,15-16,18-19,22-23H,5,14,17,20-21,24-25H2,1-3H3. The average molecular weight is 692 g/mol. The van der Waals surface area contributed by atoms with E-state index in [1.165, 1.54) is 35.2 Å². The van der Waals surface area contributed by atoms with E-state index >= 15 is 0 Å². The highest BCUT2D eigenvalue weighted by atomic mass is 19.4. The van der Waals surface area contributed by atoms with Crippen LogP contribution < -0.4 is 10.2 Å². The third kappa shape index (κ3) is 8.95. The van der Waals surface area contributed by atoms with Gasteiger partial charge >= 0.3 is 6.18 Å². The van der Waals surface area contributed by atoms with Crippen molar-refractivity contribution in [1.82, 2.24) is 14.4 Å². The molecule has 0 bridgehead atoms. The molecule has 0 fully saturated rings. The van der Waals surface area contributed by atoms with E-state index in [9.17, 15) is 31.5 Å². The van der Waals surface area contributed by atoms with Gasteiger partial charge in [0.05, 0.1) is 17.7 Å². The monoisotopic (exact) mass is 691 g/mol. The molecule has 11 heteroatoms. The van der Waals surface area contributed by atoms with E-state index in [4.69, 9.17) is 4.74 Å². The first-order valence-corrected chi connectivity index (χ1v) is 16.2. The molecule has 0 aliphatic heterocycles. The van der Waals surface area contributed by atoms with E-state index < -0.39 is 23.4 Å². The number of fused-ring (bicyclic) bond motifs is 1. The summed E-state index contributed by atoms with van der Waals surface area (Å²) in [5.74, 6) is -1.64. The number of pyridine rings is 1. The van der Waals surface area contributed by atoms with Crippen LogP contribution in [0.25, 0.3) is 22.0 Å². The lowest BCUT2D eigenvalue weighted by Gasteiger charge is -2.22. The molecule has 0 aliphatic carbocycles. The van der Waals surface area contributed by atoms with Gasteiger partial charge in [-0.25, -0.2) is 8.78 Å². The van der Waals surface area contributed by atoms with E-state index in [0.717, 1.165) is 42.3 Å². The molecule has 262 valence electrons. The van der Waals surface area contributed by atoms with Gasteiger partial charge in [0, 0.05) is 43.4 Å².